The zero-order valence-electron chi connectivity index (χ0n) is 29.7. The van der Waals surface area contributed by atoms with E-state index in [1.54, 1.807) is 0 Å². The van der Waals surface area contributed by atoms with Crippen LogP contribution in [0.2, 0.25) is 0 Å². The summed E-state index contributed by atoms with van der Waals surface area (Å²) in [6, 6.07) is 64.1. The van der Waals surface area contributed by atoms with Gasteiger partial charge in [-0.25, -0.2) is 4.99 Å². The van der Waals surface area contributed by atoms with Gasteiger partial charge in [-0.15, -0.1) is 0 Å². The number of aromatic nitrogens is 1. The van der Waals surface area contributed by atoms with Gasteiger partial charge in [-0.1, -0.05) is 143 Å². The monoisotopic (exact) mass is 747 g/mol. The SMILES string of the molecule is CC(=NC(=NC(C)c1cccc(-c2cccc(-c3cccc(-n4ccc5cc(-c6cccc(Br)c6)ccc54)c3)c2)c1)c1ccccc1)c1ccccc1. The molecule has 1 aromatic heterocycles. The molecule has 53 heavy (non-hydrogen) atoms. The summed E-state index contributed by atoms with van der Waals surface area (Å²) >= 11 is 3.61. The molecule has 4 heteroatoms. The first-order chi connectivity index (χ1) is 26.0. The molecule has 0 N–H and O–H groups in total. The van der Waals surface area contributed by atoms with Crippen molar-refractivity contribution in [3.63, 3.8) is 0 Å². The van der Waals surface area contributed by atoms with Crippen LogP contribution >= 0.6 is 15.9 Å². The molecule has 0 aliphatic carbocycles. The van der Waals surface area contributed by atoms with Crippen LogP contribution in [-0.4, -0.2) is 16.1 Å². The van der Waals surface area contributed by atoms with Gasteiger partial charge in [0.05, 0.1) is 11.6 Å². The molecular weight excluding hydrogens is 710 g/mol. The van der Waals surface area contributed by atoms with Crippen molar-refractivity contribution >= 4 is 38.4 Å². The Hall–Kier alpha value is -6.10. The lowest BCUT2D eigenvalue weighted by molar-refractivity contribution is 0.819. The highest BCUT2D eigenvalue weighted by molar-refractivity contribution is 9.10. The lowest BCUT2D eigenvalue weighted by Crippen LogP contribution is -2.05. The maximum absolute atomic E-state index is 5.19. The van der Waals surface area contributed by atoms with Crippen LogP contribution < -0.4 is 0 Å². The standard InChI is InChI=1S/C49H38BrN3/c1-34(36-13-5-3-6-14-36)51-49(37-15-7-4-8-16-37)52-35(2)38-17-9-18-39(29-38)40-19-10-20-41(30-40)43-22-12-24-47(33-43)53-28-27-45-31-44(25-26-48(45)53)42-21-11-23-46(50)32-42/h3-33,35H,1-2H3. The molecule has 1 unspecified atom stereocenters. The van der Waals surface area contributed by atoms with Crippen molar-refractivity contribution in [1.29, 1.82) is 0 Å². The number of amidine groups is 1. The highest BCUT2D eigenvalue weighted by atomic mass is 79.9. The van der Waals surface area contributed by atoms with Crippen molar-refractivity contribution in [1.82, 2.24) is 4.57 Å². The summed E-state index contributed by atoms with van der Waals surface area (Å²) in [6.07, 6.45) is 2.16. The summed E-state index contributed by atoms with van der Waals surface area (Å²) in [5, 5.41) is 1.21. The molecule has 0 spiro atoms. The van der Waals surface area contributed by atoms with E-state index in [2.05, 4.69) is 179 Å². The van der Waals surface area contributed by atoms with E-state index in [4.69, 9.17) is 9.98 Å². The molecule has 1 heterocycles. The smallest absolute Gasteiger partial charge is 0.155 e. The van der Waals surface area contributed by atoms with Crippen molar-refractivity contribution in [3.8, 4) is 39.1 Å². The van der Waals surface area contributed by atoms with E-state index in [1.165, 1.54) is 38.7 Å². The Bertz CT molecular complexity index is 2600. The molecular formula is C49H38BrN3. The van der Waals surface area contributed by atoms with Gasteiger partial charge in [0.25, 0.3) is 0 Å². The molecule has 1 atom stereocenters. The van der Waals surface area contributed by atoms with Crippen LogP contribution in [0.15, 0.2) is 203 Å². The molecule has 0 saturated carbocycles. The summed E-state index contributed by atoms with van der Waals surface area (Å²) < 4.78 is 3.35. The topological polar surface area (TPSA) is 29.6 Å². The Labute approximate surface area is 319 Å². The minimum absolute atomic E-state index is 0.0978. The van der Waals surface area contributed by atoms with Crippen LogP contribution in [0, 0.1) is 0 Å². The molecule has 0 bridgehead atoms. The number of fused-ring (bicyclic) bond motifs is 1. The maximum atomic E-state index is 5.19. The van der Waals surface area contributed by atoms with Gasteiger partial charge in [-0.3, -0.25) is 4.99 Å². The largest absolute Gasteiger partial charge is 0.317 e. The number of hydrogen-bond acceptors (Lipinski definition) is 1. The minimum atomic E-state index is -0.0978. The average Bonchev–Trinajstić information content (AvgIpc) is 3.65. The molecule has 0 aliphatic heterocycles. The Morgan fingerprint density at radius 1 is 0.528 bits per heavy atom. The normalized spacial score (nSPS) is 12.6. The van der Waals surface area contributed by atoms with E-state index >= 15 is 0 Å². The molecule has 0 fully saturated rings. The fourth-order valence-electron chi connectivity index (χ4n) is 6.82. The van der Waals surface area contributed by atoms with Crippen LogP contribution in [0.4, 0.5) is 0 Å². The second kappa shape index (κ2) is 15.2. The van der Waals surface area contributed by atoms with Gasteiger partial charge in [-0.05, 0) is 113 Å². The third-order valence-electron chi connectivity index (χ3n) is 9.68. The molecule has 0 aliphatic rings. The van der Waals surface area contributed by atoms with Crippen molar-refractivity contribution in [2.45, 2.75) is 19.9 Å². The Morgan fingerprint density at radius 3 is 1.83 bits per heavy atom. The minimum Gasteiger partial charge on any atom is -0.317 e. The third-order valence-corrected chi connectivity index (χ3v) is 10.2. The first-order valence-electron chi connectivity index (χ1n) is 17.9. The number of benzene rings is 7. The molecule has 3 nitrogen and oxygen atoms in total. The first kappa shape index (κ1) is 34.0. The lowest BCUT2D eigenvalue weighted by atomic mass is 9.96. The van der Waals surface area contributed by atoms with Gasteiger partial charge in [0.1, 0.15) is 0 Å². The van der Waals surface area contributed by atoms with Gasteiger partial charge in [0.15, 0.2) is 5.84 Å². The van der Waals surface area contributed by atoms with Gasteiger partial charge in [0, 0.05) is 33.0 Å². The Kier molecular flexibility index (Phi) is 9.79. The maximum Gasteiger partial charge on any atom is 0.155 e. The summed E-state index contributed by atoms with van der Waals surface area (Å²) in [7, 11) is 0. The van der Waals surface area contributed by atoms with Gasteiger partial charge in [0.2, 0.25) is 0 Å². The van der Waals surface area contributed by atoms with Crippen molar-refractivity contribution in [2.24, 2.45) is 9.98 Å². The van der Waals surface area contributed by atoms with Crippen LogP contribution in [0.1, 0.15) is 36.6 Å². The fourth-order valence-corrected chi connectivity index (χ4v) is 7.22. The molecule has 8 rings (SSSR count). The van der Waals surface area contributed by atoms with E-state index in [0.717, 1.165) is 44.0 Å². The second-order valence-corrected chi connectivity index (χ2v) is 14.2. The van der Waals surface area contributed by atoms with Gasteiger partial charge >= 0.3 is 0 Å². The number of rotatable bonds is 8. The molecule has 8 aromatic rings. The molecule has 7 aromatic carbocycles. The van der Waals surface area contributed by atoms with E-state index < -0.39 is 0 Å². The molecule has 0 amide bonds. The predicted octanol–water partition coefficient (Wildman–Crippen LogP) is 13.4. The van der Waals surface area contributed by atoms with Crippen molar-refractivity contribution in [3.05, 3.63) is 209 Å². The van der Waals surface area contributed by atoms with Crippen LogP contribution in [0.5, 0.6) is 0 Å². The number of hydrogen-bond donors (Lipinski definition) is 0. The zero-order valence-corrected chi connectivity index (χ0v) is 31.3. The number of aliphatic imine (C=N–C) groups is 2. The second-order valence-electron chi connectivity index (χ2n) is 13.3. The lowest BCUT2D eigenvalue weighted by Gasteiger charge is -2.13. The molecule has 0 saturated heterocycles. The Balaban J connectivity index is 1.08. The van der Waals surface area contributed by atoms with E-state index in [0.29, 0.717) is 0 Å². The van der Waals surface area contributed by atoms with E-state index in [-0.39, 0.29) is 6.04 Å². The first-order valence-corrected chi connectivity index (χ1v) is 18.7. The summed E-state index contributed by atoms with van der Waals surface area (Å²) in [5.74, 6) is 0.729. The van der Waals surface area contributed by atoms with E-state index in [1.807, 2.05) is 43.3 Å². The summed E-state index contributed by atoms with van der Waals surface area (Å²) in [4.78, 5) is 10.2. The van der Waals surface area contributed by atoms with Crippen molar-refractivity contribution < 1.29 is 0 Å². The highest BCUT2D eigenvalue weighted by Gasteiger charge is 2.12. The zero-order chi connectivity index (χ0) is 36.1. The van der Waals surface area contributed by atoms with Crippen molar-refractivity contribution in [2.75, 3.05) is 0 Å². The highest BCUT2D eigenvalue weighted by Crippen LogP contribution is 2.32. The van der Waals surface area contributed by atoms with Gasteiger partial charge in [-0.2, -0.15) is 0 Å². The average molecular weight is 749 g/mol. The molecule has 256 valence electrons. The quantitative estimate of drug-likeness (QED) is 0.109. The van der Waals surface area contributed by atoms with Crippen LogP contribution in [-0.2, 0) is 0 Å². The van der Waals surface area contributed by atoms with Gasteiger partial charge < -0.3 is 4.57 Å². The third kappa shape index (κ3) is 7.60. The summed E-state index contributed by atoms with van der Waals surface area (Å²) in [5.41, 5.74) is 13.5. The Morgan fingerprint density at radius 2 is 1.11 bits per heavy atom. The predicted molar refractivity (Wildman–Crippen MR) is 227 cm³/mol. The molecule has 0 radical (unpaired) electrons. The van der Waals surface area contributed by atoms with E-state index in [9.17, 15) is 0 Å². The number of nitrogens with zero attached hydrogens (tertiary/aromatic N) is 3. The number of halogens is 1. The van der Waals surface area contributed by atoms with Crippen LogP contribution in [0.3, 0.4) is 0 Å². The van der Waals surface area contributed by atoms with Crippen LogP contribution in [0.25, 0.3) is 50.0 Å². The summed E-state index contributed by atoms with van der Waals surface area (Å²) in [6.45, 7) is 4.19. The fraction of sp³-hybridized carbons (Fsp3) is 0.0612.